The Morgan fingerprint density at radius 1 is 1.36 bits per heavy atom. The van der Waals surface area contributed by atoms with Crippen LogP contribution in [0.15, 0.2) is 18.2 Å². The summed E-state index contributed by atoms with van der Waals surface area (Å²) < 4.78 is 24.2. The molecule has 0 aliphatic carbocycles. The topological polar surface area (TPSA) is 121 Å². The molecule has 1 heterocycles. The van der Waals surface area contributed by atoms with Crippen LogP contribution in [0.5, 0.6) is 0 Å². The standard InChI is InChI=1S/C17H24FN5O5/c1-3-27-16(25)8-21-22-10-20-15-5-4-12(6-14(15)18)23-9-13(28-17(23)26)7-19-11(2)24/h4-6,13,20-22H,3,7-10H2,1-2H3,(H,19,24)/t13-/m0/s1. The van der Waals surface area contributed by atoms with Gasteiger partial charge < -0.3 is 20.1 Å². The van der Waals surface area contributed by atoms with Gasteiger partial charge in [0.05, 0.1) is 37.7 Å². The van der Waals surface area contributed by atoms with Gasteiger partial charge in [-0.2, -0.15) is 0 Å². The quantitative estimate of drug-likeness (QED) is 0.193. The van der Waals surface area contributed by atoms with Crippen molar-refractivity contribution in [3.8, 4) is 0 Å². The molecule has 1 saturated heterocycles. The second-order valence-electron chi connectivity index (χ2n) is 5.91. The molecular formula is C17H24FN5O5. The summed E-state index contributed by atoms with van der Waals surface area (Å²) in [4.78, 5) is 35.4. The third-order valence-corrected chi connectivity index (χ3v) is 3.75. The molecule has 0 unspecified atom stereocenters. The highest BCUT2D eigenvalue weighted by atomic mass is 19.1. The number of hydrogen-bond donors (Lipinski definition) is 4. The van der Waals surface area contributed by atoms with E-state index in [4.69, 9.17) is 9.47 Å². The van der Waals surface area contributed by atoms with Crippen molar-refractivity contribution >= 4 is 29.3 Å². The average molecular weight is 397 g/mol. The number of cyclic esters (lactones) is 1. The first kappa shape index (κ1) is 21.4. The van der Waals surface area contributed by atoms with E-state index in [0.29, 0.717) is 12.3 Å². The average Bonchev–Trinajstić information content (AvgIpc) is 3.02. The lowest BCUT2D eigenvalue weighted by Crippen LogP contribution is -2.39. The zero-order chi connectivity index (χ0) is 20.5. The van der Waals surface area contributed by atoms with E-state index in [0.717, 1.165) is 0 Å². The molecule has 1 fully saturated rings. The molecule has 1 aliphatic heterocycles. The minimum Gasteiger partial charge on any atom is -0.465 e. The van der Waals surface area contributed by atoms with Gasteiger partial charge in [0.15, 0.2) is 0 Å². The second-order valence-corrected chi connectivity index (χ2v) is 5.91. The number of hydrogen-bond acceptors (Lipinski definition) is 8. The van der Waals surface area contributed by atoms with Gasteiger partial charge in [0, 0.05) is 6.92 Å². The lowest BCUT2D eigenvalue weighted by atomic mass is 10.2. The van der Waals surface area contributed by atoms with Gasteiger partial charge >= 0.3 is 12.1 Å². The van der Waals surface area contributed by atoms with Crippen molar-refractivity contribution < 1.29 is 28.2 Å². The summed E-state index contributed by atoms with van der Waals surface area (Å²) in [5.74, 6) is -1.18. The second kappa shape index (κ2) is 10.4. The van der Waals surface area contributed by atoms with Crippen LogP contribution in [0.4, 0.5) is 20.6 Å². The maximum absolute atomic E-state index is 14.3. The Morgan fingerprint density at radius 3 is 2.82 bits per heavy atom. The molecule has 0 aromatic heterocycles. The van der Waals surface area contributed by atoms with Gasteiger partial charge in [-0.3, -0.25) is 14.5 Å². The van der Waals surface area contributed by atoms with Gasteiger partial charge in [-0.25, -0.2) is 20.0 Å². The number of hydrazine groups is 1. The Bertz CT molecular complexity index is 717. The predicted molar refractivity (Wildman–Crippen MR) is 99.0 cm³/mol. The normalized spacial score (nSPS) is 15.9. The Kier molecular flexibility index (Phi) is 7.96. The molecule has 154 valence electrons. The molecule has 1 aliphatic rings. The van der Waals surface area contributed by atoms with Crippen LogP contribution < -0.4 is 26.4 Å². The lowest BCUT2D eigenvalue weighted by molar-refractivity contribution is -0.142. The van der Waals surface area contributed by atoms with Gasteiger partial charge in [-0.1, -0.05) is 0 Å². The number of nitrogens with zero attached hydrogens (tertiary/aromatic N) is 1. The van der Waals surface area contributed by atoms with E-state index in [2.05, 4.69) is 21.5 Å². The first-order valence-electron chi connectivity index (χ1n) is 8.78. The van der Waals surface area contributed by atoms with E-state index >= 15 is 0 Å². The van der Waals surface area contributed by atoms with Crippen molar-refractivity contribution in [2.24, 2.45) is 0 Å². The Morgan fingerprint density at radius 2 is 2.14 bits per heavy atom. The van der Waals surface area contributed by atoms with Gasteiger partial charge in [-0.15, -0.1) is 0 Å². The predicted octanol–water partition coefficient (Wildman–Crippen LogP) is 0.314. The van der Waals surface area contributed by atoms with E-state index in [1.165, 1.54) is 24.0 Å². The first-order chi connectivity index (χ1) is 13.4. The molecule has 1 aromatic rings. The van der Waals surface area contributed by atoms with Crippen molar-refractivity contribution in [1.82, 2.24) is 16.2 Å². The molecule has 2 rings (SSSR count). The van der Waals surface area contributed by atoms with Crippen molar-refractivity contribution in [2.45, 2.75) is 20.0 Å². The van der Waals surface area contributed by atoms with Crippen molar-refractivity contribution in [3.05, 3.63) is 24.0 Å². The van der Waals surface area contributed by atoms with Gasteiger partial charge in [0.2, 0.25) is 5.91 Å². The number of carbonyl (C=O) groups excluding carboxylic acids is 3. The third-order valence-electron chi connectivity index (χ3n) is 3.75. The summed E-state index contributed by atoms with van der Waals surface area (Å²) >= 11 is 0. The molecule has 0 radical (unpaired) electrons. The van der Waals surface area contributed by atoms with Crippen LogP contribution in [-0.2, 0) is 19.1 Å². The molecule has 2 amide bonds. The lowest BCUT2D eigenvalue weighted by Gasteiger charge is -2.15. The summed E-state index contributed by atoms with van der Waals surface area (Å²) in [5, 5.41) is 5.39. The van der Waals surface area contributed by atoms with Crippen molar-refractivity contribution in [3.63, 3.8) is 0 Å². The number of carbonyl (C=O) groups is 3. The number of ether oxygens (including phenoxy) is 2. The molecule has 1 atom stereocenters. The zero-order valence-electron chi connectivity index (χ0n) is 15.7. The molecule has 10 nitrogen and oxygen atoms in total. The molecule has 11 heteroatoms. The number of esters is 1. The van der Waals surface area contributed by atoms with Crippen LogP contribution in [0.1, 0.15) is 13.8 Å². The van der Waals surface area contributed by atoms with Gasteiger partial charge in [0.1, 0.15) is 18.5 Å². The van der Waals surface area contributed by atoms with Crippen LogP contribution in [0, 0.1) is 5.82 Å². The van der Waals surface area contributed by atoms with E-state index < -0.39 is 24.0 Å². The number of amides is 2. The van der Waals surface area contributed by atoms with E-state index in [1.807, 2.05) is 0 Å². The number of rotatable bonds is 10. The summed E-state index contributed by atoms with van der Waals surface area (Å²) in [6.07, 6.45) is -1.09. The van der Waals surface area contributed by atoms with Gasteiger partial charge in [-0.05, 0) is 25.1 Å². The maximum atomic E-state index is 14.3. The Balaban J connectivity index is 1.82. The SMILES string of the molecule is CCOC(=O)CNNCNc1ccc(N2C[C@H](CNC(C)=O)OC2=O)cc1F. The van der Waals surface area contributed by atoms with Crippen molar-refractivity contribution in [1.29, 1.82) is 0 Å². The minimum atomic E-state index is -0.597. The van der Waals surface area contributed by atoms with E-state index in [9.17, 15) is 18.8 Å². The fraction of sp³-hybridized carbons (Fsp3) is 0.471. The Labute approximate surface area is 161 Å². The molecule has 0 saturated carbocycles. The third kappa shape index (κ3) is 6.35. The first-order valence-corrected chi connectivity index (χ1v) is 8.78. The van der Waals surface area contributed by atoms with Crippen LogP contribution in [0.3, 0.4) is 0 Å². The number of benzene rings is 1. The highest BCUT2D eigenvalue weighted by Gasteiger charge is 2.32. The van der Waals surface area contributed by atoms with Crippen LogP contribution >= 0.6 is 0 Å². The van der Waals surface area contributed by atoms with Crippen molar-refractivity contribution in [2.75, 3.05) is 43.1 Å². The van der Waals surface area contributed by atoms with Crippen LogP contribution in [0.25, 0.3) is 0 Å². The van der Waals surface area contributed by atoms with Gasteiger partial charge in [0.25, 0.3) is 0 Å². The Hall–Kier alpha value is -2.92. The summed E-state index contributed by atoms with van der Waals surface area (Å²) in [6, 6.07) is 4.29. The van der Waals surface area contributed by atoms with Crippen LogP contribution in [-0.4, -0.2) is 57.0 Å². The summed E-state index contributed by atoms with van der Waals surface area (Å²) in [6.45, 7) is 3.93. The minimum absolute atomic E-state index is 0.0202. The molecular weight excluding hydrogens is 373 g/mol. The molecule has 0 bridgehead atoms. The molecule has 0 spiro atoms. The maximum Gasteiger partial charge on any atom is 0.414 e. The number of anilines is 2. The highest BCUT2D eigenvalue weighted by Crippen LogP contribution is 2.25. The van der Waals surface area contributed by atoms with Crippen LogP contribution in [0.2, 0.25) is 0 Å². The fourth-order valence-corrected chi connectivity index (χ4v) is 2.46. The van der Waals surface area contributed by atoms with E-state index in [-0.39, 0.29) is 37.9 Å². The number of nitrogens with one attached hydrogen (secondary N) is 4. The van der Waals surface area contributed by atoms with E-state index in [1.54, 1.807) is 13.0 Å². The summed E-state index contributed by atoms with van der Waals surface area (Å²) in [5.41, 5.74) is 5.92. The largest absolute Gasteiger partial charge is 0.465 e. The summed E-state index contributed by atoms with van der Waals surface area (Å²) in [7, 11) is 0. The highest BCUT2D eigenvalue weighted by molar-refractivity contribution is 5.90. The smallest absolute Gasteiger partial charge is 0.414 e. The number of halogens is 1. The zero-order valence-corrected chi connectivity index (χ0v) is 15.7. The fourth-order valence-electron chi connectivity index (χ4n) is 2.46. The molecule has 28 heavy (non-hydrogen) atoms. The molecule has 4 N–H and O–H groups in total. The monoisotopic (exact) mass is 397 g/mol. The molecule has 1 aromatic carbocycles.